The van der Waals surface area contributed by atoms with Crippen LogP contribution >= 0.6 is 0 Å². The number of nitrogens with one attached hydrogen (secondary N) is 3. The van der Waals surface area contributed by atoms with E-state index in [9.17, 15) is 4.79 Å². The molecule has 39 heavy (non-hydrogen) atoms. The van der Waals surface area contributed by atoms with Gasteiger partial charge in [0.1, 0.15) is 5.60 Å². The number of hydrogen-bond acceptors (Lipinski definition) is 6. The van der Waals surface area contributed by atoms with E-state index in [1.165, 1.54) is 12.4 Å². The molecule has 0 radical (unpaired) electrons. The van der Waals surface area contributed by atoms with Gasteiger partial charge in [-0.05, 0) is 69.4 Å². The van der Waals surface area contributed by atoms with Crippen molar-refractivity contribution < 1.29 is 9.53 Å². The lowest BCUT2D eigenvalue weighted by Gasteiger charge is -2.43. The van der Waals surface area contributed by atoms with Gasteiger partial charge >= 0.3 is 6.09 Å². The van der Waals surface area contributed by atoms with Crippen molar-refractivity contribution in [3.63, 3.8) is 0 Å². The topological polar surface area (TPSA) is 112 Å². The number of carbonyl (C=O) groups is 1. The molecule has 1 saturated carbocycles. The van der Waals surface area contributed by atoms with E-state index in [1.54, 1.807) is 0 Å². The summed E-state index contributed by atoms with van der Waals surface area (Å²) in [7, 11) is 0. The lowest BCUT2D eigenvalue weighted by Crippen LogP contribution is -2.52. The smallest absolute Gasteiger partial charge is 0.408 e. The minimum atomic E-state index is -0.552. The fourth-order valence-corrected chi connectivity index (χ4v) is 4.99. The fraction of sp³-hybridized carbons (Fsp3) is 0.281. The van der Waals surface area contributed by atoms with Gasteiger partial charge in [0.15, 0.2) is 0 Å². The average molecular weight is 520 g/mol. The Morgan fingerprint density at radius 2 is 1.62 bits per heavy atom. The van der Waals surface area contributed by atoms with Gasteiger partial charge in [-0.25, -0.2) is 9.78 Å². The van der Waals surface area contributed by atoms with Gasteiger partial charge in [-0.1, -0.05) is 54.6 Å². The molecular formula is C32H33N5O2. The van der Waals surface area contributed by atoms with Crippen LogP contribution < -0.4 is 5.32 Å². The molecule has 7 heteroatoms. The molecule has 7 nitrogen and oxygen atoms in total. The van der Waals surface area contributed by atoms with E-state index in [2.05, 4.69) is 41.7 Å². The molecule has 1 amide bonds. The summed E-state index contributed by atoms with van der Waals surface area (Å²) >= 11 is 0. The molecule has 198 valence electrons. The zero-order valence-corrected chi connectivity index (χ0v) is 22.5. The van der Waals surface area contributed by atoms with E-state index in [-0.39, 0.29) is 0 Å². The molecule has 0 aliphatic heterocycles. The first kappa shape index (κ1) is 26.2. The summed E-state index contributed by atoms with van der Waals surface area (Å²) in [5.74, 6) is -0.463. The number of pyridine rings is 2. The second kappa shape index (κ2) is 10.4. The van der Waals surface area contributed by atoms with E-state index >= 15 is 0 Å². The Kier molecular flexibility index (Phi) is 7.00. The first-order valence-electron chi connectivity index (χ1n) is 13.2. The van der Waals surface area contributed by atoms with Crippen LogP contribution in [0.15, 0.2) is 72.8 Å². The maximum absolute atomic E-state index is 12.6. The van der Waals surface area contributed by atoms with Crippen LogP contribution in [-0.4, -0.2) is 34.1 Å². The molecule has 2 aromatic carbocycles. The Labute approximate surface area is 228 Å². The Morgan fingerprint density at radius 1 is 0.923 bits per heavy atom. The highest BCUT2D eigenvalue weighted by Crippen LogP contribution is 2.42. The number of aromatic nitrogens is 2. The van der Waals surface area contributed by atoms with Gasteiger partial charge in [0.25, 0.3) is 0 Å². The van der Waals surface area contributed by atoms with Gasteiger partial charge in [0.2, 0.25) is 0 Å². The number of benzene rings is 2. The fourth-order valence-electron chi connectivity index (χ4n) is 4.99. The van der Waals surface area contributed by atoms with Crippen LogP contribution in [0.2, 0.25) is 0 Å². The van der Waals surface area contributed by atoms with Crippen LogP contribution in [0.25, 0.3) is 33.4 Å². The molecule has 0 unspecified atom stereocenters. The van der Waals surface area contributed by atoms with E-state index in [0.717, 1.165) is 58.2 Å². The summed E-state index contributed by atoms with van der Waals surface area (Å²) in [6.07, 6.45) is 4.83. The van der Waals surface area contributed by atoms with Gasteiger partial charge in [-0.15, -0.1) is 0 Å². The number of rotatable bonds is 7. The highest BCUT2D eigenvalue weighted by atomic mass is 16.6. The second-order valence-corrected chi connectivity index (χ2v) is 11.0. The Morgan fingerprint density at radius 3 is 2.21 bits per heavy atom. The molecule has 3 N–H and O–H groups in total. The highest BCUT2D eigenvalue weighted by Gasteiger charge is 2.41. The summed E-state index contributed by atoms with van der Waals surface area (Å²) in [6, 6.07) is 24.1. The van der Waals surface area contributed by atoms with Gasteiger partial charge in [-0.2, -0.15) is 0 Å². The van der Waals surface area contributed by atoms with Crippen LogP contribution in [0, 0.1) is 10.8 Å². The standard InChI is InChI=1S/C32H33N5O2/c1-31(2,3)39-30(38)37-32(16-7-17-32)24-12-10-22(11-13-24)29-25(21-8-5-4-6-9-21)18-28-27(36-29)15-14-26(35-28)23(19-33)20-34/h4-6,8-15,18-20,23,33-34H,7,16-17H2,1-3H3,(H,37,38). The SMILES string of the molecule is CC(C)(C)OC(=O)NC1(c2ccc(-c3nc4ccc(C(C=N)C=N)nc4cc3-c3ccccc3)cc2)CCC1. The molecule has 2 aromatic heterocycles. The maximum Gasteiger partial charge on any atom is 0.408 e. The van der Waals surface area contributed by atoms with Crippen molar-refractivity contribution in [3.8, 4) is 22.4 Å². The highest BCUT2D eigenvalue weighted by molar-refractivity contribution is 5.91. The molecule has 0 bridgehead atoms. The summed E-state index contributed by atoms with van der Waals surface area (Å²) in [4.78, 5) is 22.3. The zero-order chi connectivity index (χ0) is 27.6. The Balaban J connectivity index is 1.54. The normalized spacial score (nSPS) is 15.2. The largest absolute Gasteiger partial charge is 0.444 e. The Hall–Kier alpha value is -4.39. The van der Waals surface area contributed by atoms with E-state index in [0.29, 0.717) is 5.69 Å². The summed E-state index contributed by atoms with van der Waals surface area (Å²) in [5, 5.41) is 18.4. The van der Waals surface area contributed by atoms with Crippen LogP contribution in [0.4, 0.5) is 4.79 Å². The molecule has 2 heterocycles. The number of amides is 1. The number of fused-ring (bicyclic) bond motifs is 1. The van der Waals surface area contributed by atoms with E-state index in [4.69, 9.17) is 25.5 Å². The molecule has 1 fully saturated rings. The predicted molar refractivity (Wildman–Crippen MR) is 156 cm³/mol. The third kappa shape index (κ3) is 5.43. The average Bonchev–Trinajstić information content (AvgIpc) is 2.90. The third-order valence-electron chi connectivity index (χ3n) is 7.14. The maximum atomic E-state index is 12.6. The minimum Gasteiger partial charge on any atom is -0.444 e. The minimum absolute atomic E-state index is 0.394. The molecule has 0 saturated heterocycles. The van der Waals surface area contributed by atoms with Gasteiger partial charge < -0.3 is 20.9 Å². The molecular weight excluding hydrogens is 486 g/mol. The van der Waals surface area contributed by atoms with Crippen molar-refractivity contribution in [2.45, 2.75) is 57.1 Å². The number of hydrogen-bond donors (Lipinski definition) is 3. The van der Waals surface area contributed by atoms with Crippen LogP contribution in [0.3, 0.4) is 0 Å². The van der Waals surface area contributed by atoms with E-state index in [1.807, 2.05) is 57.2 Å². The van der Waals surface area contributed by atoms with Crippen molar-refractivity contribution in [3.05, 3.63) is 84.1 Å². The van der Waals surface area contributed by atoms with Crippen molar-refractivity contribution in [1.29, 1.82) is 10.8 Å². The van der Waals surface area contributed by atoms with Crippen molar-refractivity contribution >= 4 is 29.6 Å². The number of alkyl carbamates (subject to hydrolysis) is 1. The van der Waals surface area contributed by atoms with Gasteiger partial charge in [0, 0.05) is 23.6 Å². The predicted octanol–water partition coefficient (Wildman–Crippen LogP) is 7.25. The van der Waals surface area contributed by atoms with Crippen LogP contribution in [0.5, 0.6) is 0 Å². The van der Waals surface area contributed by atoms with Gasteiger partial charge in [-0.3, -0.25) is 4.98 Å². The monoisotopic (exact) mass is 519 g/mol. The van der Waals surface area contributed by atoms with E-state index < -0.39 is 23.2 Å². The van der Waals surface area contributed by atoms with Crippen molar-refractivity contribution in [2.75, 3.05) is 0 Å². The molecule has 5 rings (SSSR count). The molecule has 0 atom stereocenters. The number of carbonyl (C=O) groups excluding carboxylic acids is 1. The third-order valence-corrected chi connectivity index (χ3v) is 7.14. The summed E-state index contributed by atoms with van der Waals surface area (Å²) in [6.45, 7) is 5.60. The number of nitrogens with zero attached hydrogens (tertiary/aromatic N) is 2. The summed E-state index contributed by atoms with van der Waals surface area (Å²) in [5.41, 5.74) is 5.98. The first-order valence-corrected chi connectivity index (χ1v) is 13.2. The lowest BCUT2D eigenvalue weighted by atomic mass is 9.71. The second-order valence-electron chi connectivity index (χ2n) is 11.0. The molecule has 1 aliphatic rings. The molecule has 4 aromatic rings. The zero-order valence-electron chi connectivity index (χ0n) is 22.5. The van der Waals surface area contributed by atoms with Gasteiger partial charge in [0.05, 0.1) is 33.9 Å². The lowest BCUT2D eigenvalue weighted by molar-refractivity contribution is 0.0377. The van der Waals surface area contributed by atoms with Crippen molar-refractivity contribution in [2.24, 2.45) is 0 Å². The Bertz CT molecular complexity index is 1510. The van der Waals surface area contributed by atoms with Crippen molar-refractivity contribution in [1.82, 2.24) is 15.3 Å². The van der Waals surface area contributed by atoms with Crippen LogP contribution in [-0.2, 0) is 10.3 Å². The quantitative estimate of drug-likeness (QED) is 0.223. The molecule has 1 aliphatic carbocycles. The molecule has 0 spiro atoms. The van der Waals surface area contributed by atoms with Crippen LogP contribution in [0.1, 0.15) is 57.2 Å². The first-order chi connectivity index (χ1) is 18.7. The number of ether oxygens (including phenoxy) is 1. The summed E-state index contributed by atoms with van der Waals surface area (Å²) < 4.78 is 5.54.